The minimum Gasteiger partial charge on any atom is -0.314 e. The molecule has 1 saturated heterocycles. The monoisotopic (exact) mass is 241 g/mol. The highest BCUT2D eigenvalue weighted by Crippen LogP contribution is 2.47. The number of nitrogens with zero attached hydrogens (tertiary/aromatic N) is 2. The first kappa shape index (κ1) is 11.7. The Morgan fingerprint density at radius 3 is 2.39 bits per heavy atom. The molecule has 1 aliphatic carbocycles. The Balaban J connectivity index is 1.66. The van der Waals surface area contributed by atoms with Gasteiger partial charge in [0.1, 0.15) is 0 Å². The normalized spacial score (nSPS) is 22.4. The van der Waals surface area contributed by atoms with Crippen LogP contribution in [0.2, 0.25) is 0 Å². The van der Waals surface area contributed by atoms with Crippen molar-refractivity contribution in [3.63, 3.8) is 0 Å². The summed E-state index contributed by atoms with van der Waals surface area (Å²) in [6.07, 6.45) is 2.06. The summed E-state index contributed by atoms with van der Waals surface area (Å²) < 4.78 is 0. The van der Waals surface area contributed by atoms with Gasteiger partial charge in [-0.1, -0.05) is 24.3 Å². The summed E-state index contributed by atoms with van der Waals surface area (Å²) in [6.45, 7) is 5.47. The van der Waals surface area contributed by atoms with Crippen LogP contribution in [0.25, 0.3) is 0 Å². The second-order valence-corrected chi connectivity index (χ2v) is 5.42. The molecule has 2 aliphatic rings. The molecule has 1 N–H and O–H groups in total. The van der Waals surface area contributed by atoms with Crippen LogP contribution in [0.4, 0.5) is 0 Å². The summed E-state index contributed by atoms with van der Waals surface area (Å²) in [7, 11) is 0. The number of benzene rings is 1. The fraction of sp³-hybridized carbons (Fsp3) is 0.533. The summed E-state index contributed by atoms with van der Waals surface area (Å²) in [6, 6.07) is 11.1. The first-order valence-electron chi connectivity index (χ1n) is 6.76. The quantitative estimate of drug-likeness (QED) is 0.874. The van der Waals surface area contributed by atoms with Gasteiger partial charge in [0, 0.05) is 32.7 Å². The van der Waals surface area contributed by atoms with Crippen LogP contribution in [0.1, 0.15) is 24.0 Å². The van der Waals surface area contributed by atoms with Gasteiger partial charge in [0.2, 0.25) is 0 Å². The van der Waals surface area contributed by atoms with Gasteiger partial charge in [0.25, 0.3) is 0 Å². The molecule has 18 heavy (non-hydrogen) atoms. The van der Waals surface area contributed by atoms with Crippen LogP contribution in [-0.4, -0.2) is 31.1 Å². The molecule has 0 radical (unpaired) electrons. The van der Waals surface area contributed by atoms with E-state index in [0.29, 0.717) is 0 Å². The van der Waals surface area contributed by atoms with Gasteiger partial charge in [-0.15, -0.1) is 0 Å². The Morgan fingerprint density at radius 1 is 1.17 bits per heavy atom. The maximum atomic E-state index is 9.18. The van der Waals surface area contributed by atoms with Crippen molar-refractivity contribution in [1.82, 2.24) is 10.2 Å². The smallest absolute Gasteiger partial charge is 0.0823 e. The van der Waals surface area contributed by atoms with Crippen molar-refractivity contribution in [3.8, 4) is 6.07 Å². The van der Waals surface area contributed by atoms with E-state index in [4.69, 9.17) is 0 Å². The zero-order valence-corrected chi connectivity index (χ0v) is 10.7. The maximum absolute atomic E-state index is 9.18. The lowest BCUT2D eigenvalue weighted by atomic mass is 9.96. The molecule has 0 amide bonds. The first-order valence-corrected chi connectivity index (χ1v) is 6.76. The third-order valence-corrected chi connectivity index (χ3v) is 4.09. The second kappa shape index (κ2) is 4.72. The van der Waals surface area contributed by atoms with E-state index in [-0.39, 0.29) is 5.41 Å². The summed E-state index contributed by atoms with van der Waals surface area (Å²) in [5.74, 6) is 0. The van der Waals surface area contributed by atoms with Crippen molar-refractivity contribution < 1.29 is 0 Å². The fourth-order valence-corrected chi connectivity index (χ4v) is 2.65. The molecule has 1 aromatic rings. The van der Waals surface area contributed by atoms with Gasteiger partial charge in [-0.2, -0.15) is 5.26 Å². The van der Waals surface area contributed by atoms with Crippen molar-refractivity contribution in [2.45, 2.75) is 24.8 Å². The van der Waals surface area contributed by atoms with Gasteiger partial charge in [-0.3, -0.25) is 4.90 Å². The molecule has 3 nitrogen and oxygen atoms in total. The van der Waals surface area contributed by atoms with Gasteiger partial charge in [-0.25, -0.2) is 0 Å². The predicted molar refractivity (Wildman–Crippen MR) is 71.1 cm³/mol. The van der Waals surface area contributed by atoms with E-state index in [2.05, 4.69) is 40.6 Å². The van der Waals surface area contributed by atoms with Crippen molar-refractivity contribution >= 4 is 0 Å². The molecule has 0 atom stereocenters. The lowest BCUT2D eigenvalue weighted by Crippen LogP contribution is -2.42. The summed E-state index contributed by atoms with van der Waals surface area (Å²) in [5, 5.41) is 12.5. The molecular formula is C15H19N3. The topological polar surface area (TPSA) is 39.1 Å². The molecule has 3 rings (SSSR count). The van der Waals surface area contributed by atoms with E-state index in [1.165, 1.54) is 11.1 Å². The van der Waals surface area contributed by atoms with Crippen LogP contribution in [0.15, 0.2) is 24.3 Å². The van der Waals surface area contributed by atoms with Crippen molar-refractivity contribution in [2.24, 2.45) is 0 Å². The fourth-order valence-electron chi connectivity index (χ4n) is 2.65. The number of rotatable bonds is 3. The number of nitriles is 1. The molecule has 0 unspecified atom stereocenters. The lowest BCUT2D eigenvalue weighted by Gasteiger charge is -2.27. The standard InChI is InChI=1S/C15H19N3/c16-12-15(5-6-15)14-3-1-13(2-4-14)11-18-9-7-17-8-10-18/h1-4,17H,5-11H2. The van der Waals surface area contributed by atoms with E-state index < -0.39 is 0 Å². The predicted octanol–water partition coefficient (Wildman–Crippen LogP) is 1.65. The minimum absolute atomic E-state index is 0.145. The molecule has 1 heterocycles. The average Bonchev–Trinajstić information content (AvgIpc) is 3.22. The molecule has 1 aliphatic heterocycles. The zero-order valence-electron chi connectivity index (χ0n) is 10.7. The molecular weight excluding hydrogens is 222 g/mol. The van der Waals surface area contributed by atoms with Crippen molar-refractivity contribution in [3.05, 3.63) is 35.4 Å². The Bertz CT molecular complexity index is 448. The Kier molecular flexibility index (Phi) is 3.07. The van der Waals surface area contributed by atoms with E-state index >= 15 is 0 Å². The lowest BCUT2D eigenvalue weighted by molar-refractivity contribution is 0.233. The van der Waals surface area contributed by atoms with E-state index in [1.54, 1.807) is 0 Å². The first-order chi connectivity index (χ1) is 8.82. The summed E-state index contributed by atoms with van der Waals surface area (Å²) >= 11 is 0. The largest absolute Gasteiger partial charge is 0.314 e. The van der Waals surface area contributed by atoms with Gasteiger partial charge in [0.15, 0.2) is 0 Å². The molecule has 2 fully saturated rings. The van der Waals surface area contributed by atoms with Gasteiger partial charge >= 0.3 is 0 Å². The van der Waals surface area contributed by atoms with Gasteiger partial charge in [0.05, 0.1) is 11.5 Å². The van der Waals surface area contributed by atoms with E-state index in [0.717, 1.165) is 45.6 Å². The summed E-state index contributed by atoms with van der Waals surface area (Å²) in [4.78, 5) is 2.47. The molecule has 3 heteroatoms. The van der Waals surface area contributed by atoms with Crippen LogP contribution in [0.3, 0.4) is 0 Å². The molecule has 94 valence electrons. The van der Waals surface area contributed by atoms with Crippen LogP contribution < -0.4 is 5.32 Å². The summed E-state index contributed by atoms with van der Waals surface area (Å²) in [5.41, 5.74) is 2.41. The Morgan fingerprint density at radius 2 is 1.83 bits per heavy atom. The number of piperazine rings is 1. The molecule has 1 saturated carbocycles. The Labute approximate surface area is 108 Å². The van der Waals surface area contributed by atoms with Gasteiger partial charge < -0.3 is 5.32 Å². The second-order valence-electron chi connectivity index (χ2n) is 5.42. The van der Waals surface area contributed by atoms with Crippen LogP contribution >= 0.6 is 0 Å². The van der Waals surface area contributed by atoms with E-state index in [9.17, 15) is 5.26 Å². The SMILES string of the molecule is N#CC1(c2ccc(CN3CCNCC3)cc2)CC1. The van der Waals surface area contributed by atoms with Crippen LogP contribution in [0.5, 0.6) is 0 Å². The van der Waals surface area contributed by atoms with Crippen LogP contribution in [-0.2, 0) is 12.0 Å². The third kappa shape index (κ3) is 2.27. The average molecular weight is 241 g/mol. The van der Waals surface area contributed by atoms with Crippen molar-refractivity contribution in [2.75, 3.05) is 26.2 Å². The molecule has 1 aromatic carbocycles. The highest BCUT2D eigenvalue weighted by atomic mass is 15.2. The Hall–Kier alpha value is -1.37. The minimum atomic E-state index is -0.145. The third-order valence-electron chi connectivity index (χ3n) is 4.09. The highest BCUT2D eigenvalue weighted by Gasteiger charge is 2.44. The van der Waals surface area contributed by atoms with Crippen molar-refractivity contribution in [1.29, 1.82) is 5.26 Å². The maximum Gasteiger partial charge on any atom is 0.0823 e. The van der Waals surface area contributed by atoms with Gasteiger partial charge in [-0.05, 0) is 24.0 Å². The number of hydrogen-bond acceptors (Lipinski definition) is 3. The van der Waals surface area contributed by atoms with Crippen LogP contribution in [0, 0.1) is 11.3 Å². The number of nitrogens with one attached hydrogen (secondary N) is 1. The number of hydrogen-bond donors (Lipinski definition) is 1. The molecule has 0 spiro atoms. The van der Waals surface area contributed by atoms with E-state index in [1.807, 2.05) is 0 Å². The zero-order chi connectivity index (χ0) is 12.4. The highest BCUT2D eigenvalue weighted by molar-refractivity contribution is 5.39. The molecule has 0 aromatic heterocycles. The molecule has 0 bridgehead atoms.